The average Bonchev–Trinajstić information content (AvgIpc) is 2.85. The van der Waals surface area contributed by atoms with Crippen LogP contribution in [0.5, 0.6) is 0 Å². The highest BCUT2D eigenvalue weighted by atomic mass is 79.9. The van der Waals surface area contributed by atoms with E-state index in [9.17, 15) is 9.59 Å². The van der Waals surface area contributed by atoms with Crippen LogP contribution in [0.1, 0.15) is 41.0 Å². The van der Waals surface area contributed by atoms with E-state index in [1.807, 2.05) is 62.4 Å². The number of thioether (sulfide) groups is 1. The number of Topliss-reactive ketones (excluding diaryl/α,β-unsaturated/α-hetero) is 1. The number of ether oxygens (including phenoxy) is 1. The minimum Gasteiger partial charge on any atom is -0.370 e. The first-order valence-corrected chi connectivity index (χ1v) is 13.1. The SMILES string of the molecule is CC1(C)Cc2nc3nc(SCC(=O)c4ccccc4)n(Cc4ccc(Br)cc4)c(=O)c3cc2CO1. The molecule has 0 fully saturated rings. The minimum absolute atomic E-state index is 0.0163. The zero-order valence-corrected chi connectivity index (χ0v) is 21.9. The largest absolute Gasteiger partial charge is 0.370 e. The summed E-state index contributed by atoms with van der Waals surface area (Å²) in [5.74, 6) is 0.158. The predicted molar refractivity (Wildman–Crippen MR) is 141 cm³/mol. The van der Waals surface area contributed by atoms with Gasteiger partial charge in [-0.05, 0) is 37.6 Å². The van der Waals surface area contributed by atoms with Crippen molar-refractivity contribution < 1.29 is 9.53 Å². The van der Waals surface area contributed by atoms with Crippen LogP contribution in [-0.4, -0.2) is 31.7 Å². The third-order valence-electron chi connectivity index (χ3n) is 5.97. The van der Waals surface area contributed by atoms with Gasteiger partial charge < -0.3 is 4.74 Å². The first-order chi connectivity index (χ1) is 16.8. The molecule has 0 aliphatic carbocycles. The molecule has 0 saturated heterocycles. The number of benzene rings is 2. The Morgan fingerprint density at radius 3 is 2.60 bits per heavy atom. The summed E-state index contributed by atoms with van der Waals surface area (Å²) < 4.78 is 8.53. The van der Waals surface area contributed by atoms with Crippen molar-refractivity contribution in [2.24, 2.45) is 0 Å². The van der Waals surface area contributed by atoms with Gasteiger partial charge in [-0.15, -0.1) is 0 Å². The average molecular weight is 550 g/mol. The molecule has 178 valence electrons. The second-order valence-electron chi connectivity index (χ2n) is 9.18. The van der Waals surface area contributed by atoms with Crippen molar-refractivity contribution in [2.75, 3.05) is 5.75 Å². The molecule has 8 heteroatoms. The molecule has 0 radical (unpaired) electrons. The Morgan fingerprint density at radius 1 is 1.11 bits per heavy atom. The number of pyridine rings is 1. The van der Waals surface area contributed by atoms with Crippen molar-refractivity contribution in [2.45, 2.75) is 44.2 Å². The van der Waals surface area contributed by atoms with Crippen molar-refractivity contribution in [3.05, 3.63) is 97.9 Å². The Balaban J connectivity index is 1.56. The van der Waals surface area contributed by atoms with E-state index >= 15 is 0 Å². The summed E-state index contributed by atoms with van der Waals surface area (Å²) in [4.78, 5) is 36.0. The number of nitrogens with zero attached hydrogens (tertiary/aromatic N) is 3. The highest BCUT2D eigenvalue weighted by Gasteiger charge is 2.28. The lowest BCUT2D eigenvalue weighted by atomic mass is 9.95. The highest BCUT2D eigenvalue weighted by Crippen LogP contribution is 2.29. The third-order valence-corrected chi connectivity index (χ3v) is 7.48. The van der Waals surface area contributed by atoms with Crippen LogP contribution in [0.4, 0.5) is 0 Å². The summed E-state index contributed by atoms with van der Waals surface area (Å²) in [6.07, 6.45) is 0.650. The van der Waals surface area contributed by atoms with Gasteiger partial charge in [0.1, 0.15) is 0 Å². The van der Waals surface area contributed by atoms with Crippen LogP contribution in [0.2, 0.25) is 0 Å². The van der Waals surface area contributed by atoms with Gasteiger partial charge in [-0.1, -0.05) is 70.2 Å². The van der Waals surface area contributed by atoms with Gasteiger partial charge in [-0.2, -0.15) is 0 Å². The fourth-order valence-corrected chi connectivity index (χ4v) is 5.22. The van der Waals surface area contributed by atoms with Crippen LogP contribution in [0.3, 0.4) is 0 Å². The molecule has 35 heavy (non-hydrogen) atoms. The van der Waals surface area contributed by atoms with E-state index in [-0.39, 0.29) is 22.7 Å². The lowest BCUT2D eigenvalue weighted by molar-refractivity contribution is -0.0411. The van der Waals surface area contributed by atoms with Crippen molar-refractivity contribution in [1.82, 2.24) is 14.5 Å². The van der Waals surface area contributed by atoms with Crippen LogP contribution in [0.25, 0.3) is 11.0 Å². The van der Waals surface area contributed by atoms with Crippen LogP contribution in [0.15, 0.2) is 75.1 Å². The Hall–Kier alpha value is -2.81. The van der Waals surface area contributed by atoms with Gasteiger partial charge in [0.05, 0.1) is 35.6 Å². The number of rotatable bonds is 6. The summed E-state index contributed by atoms with van der Waals surface area (Å²) in [5, 5.41) is 0.941. The Kier molecular flexibility index (Phi) is 6.61. The van der Waals surface area contributed by atoms with Crippen molar-refractivity contribution in [3.8, 4) is 0 Å². The number of hydrogen-bond donors (Lipinski definition) is 0. The smallest absolute Gasteiger partial charge is 0.264 e. The fraction of sp³-hybridized carbons (Fsp3) is 0.259. The molecule has 0 amide bonds. The Labute approximate surface area is 215 Å². The topological polar surface area (TPSA) is 74.1 Å². The summed E-state index contributed by atoms with van der Waals surface area (Å²) in [5.41, 5.74) is 3.35. The molecule has 3 heterocycles. The van der Waals surface area contributed by atoms with Gasteiger partial charge in [-0.3, -0.25) is 14.2 Å². The highest BCUT2D eigenvalue weighted by molar-refractivity contribution is 9.10. The maximum atomic E-state index is 13.7. The molecule has 0 bridgehead atoms. The summed E-state index contributed by atoms with van der Waals surface area (Å²) in [6, 6.07) is 18.8. The van der Waals surface area contributed by atoms with E-state index in [1.54, 1.807) is 16.7 Å². The van der Waals surface area contributed by atoms with Crippen LogP contribution in [0, 0.1) is 0 Å². The first-order valence-electron chi connectivity index (χ1n) is 11.3. The van der Waals surface area contributed by atoms with E-state index < -0.39 is 0 Å². The molecule has 2 aromatic carbocycles. The Morgan fingerprint density at radius 2 is 1.86 bits per heavy atom. The number of aromatic nitrogens is 3. The Bertz CT molecular complexity index is 1470. The van der Waals surface area contributed by atoms with Gasteiger partial charge in [0.15, 0.2) is 16.6 Å². The molecule has 0 saturated carbocycles. The summed E-state index contributed by atoms with van der Waals surface area (Å²) >= 11 is 4.72. The molecule has 2 aromatic heterocycles. The molecule has 0 N–H and O–H groups in total. The lowest BCUT2D eigenvalue weighted by Gasteiger charge is -2.31. The summed E-state index contributed by atoms with van der Waals surface area (Å²) in [7, 11) is 0. The molecule has 4 aromatic rings. The van der Waals surface area contributed by atoms with Crippen molar-refractivity contribution in [3.63, 3.8) is 0 Å². The van der Waals surface area contributed by atoms with Gasteiger partial charge in [0.2, 0.25) is 0 Å². The second-order valence-corrected chi connectivity index (χ2v) is 11.0. The minimum atomic E-state index is -0.316. The van der Waals surface area contributed by atoms with E-state index in [2.05, 4.69) is 15.9 Å². The number of carbonyl (C=O) groups excluding carboxylic acids is 1. The third kappa shape index (κ3) is 5.24. The lowest BCUT2D eigenvalue weighted by Crippen LogP contribution is -2.33. The summed E-state index contributed by atoms with van der Waals surface area (Å²) in [6.45, 7) is 4.82. The molecular weight excluding hydrogens is 526 g/mol. The van der Waals surface area contributed by atoms with Crippen LogP contribution < -0.4 is 5.56 Å². The standard InChI is InChI=1S/C27H24BrN3O3S/c1-27(2)13-22-19(15-34-27)12-21-24(29-22)30-26(35-16-23(32)18-6-4-3-5-7-18)31(25(21)33)14-17-8-10-20(28)11-9-17/h3-12H,13-16H2,1-2H3. The van der Waals surface area contributed by atoms with Crippen LogP contribution >= 0.6 is 27.7 Å². The van der Waals surface area contributed by atoms with Gasteiger partial charge >= 0.3 is 0 Å². The van der Waals surface area contributed by atoms with Crippen LogP contribution in [-0.2, 0) is 24.3 Å². The van der Waals surface area contributed by atoms with Crippen molar-refractivity contribution >= 4 is 44.5 Å². The van der Waals surface area contributed by atoms with E-state index in [0.717, 1.165) is 21.3 Å². The zero-order chi connectivity index (χ0) is 24.6. The van der Waals surface area contributed by atoms with E-state index in [4.69, 9.17) is 14.7 Å². The molecular formula is C27H24BrN3O3S. The molecule has 5 rings (SSSR count). The van der Waals surface area contributed by atoms with Gasteiger partial charge in [0, 0.05) is 22.0 Å². The monoisotopic (exact) mass is 549 g/mol. The fourth-order valence-electron chi connectivity index (χ4n) is 4.07. The number of carbonyl (C=O) groups is 1. The molecule has 0 atom stereocenters. The maximum absolute atomic E-state index is 13.7. The zero-order valence-electron chi connectivity index (χ0n) is 19.5. The predicted octanol–water partition coefficient (Wildman–Crippen LogP) is 5.43. The molecule has 1 aliphatic heterocycles. The molecule has 0 unspecified atom stereocenters. The van der Waals surface area contributed by atoms with Gasteiger partial charge in [-0.25, -0.2) is 9.97 Å². The molecule has 6 nitrogen and oxygen atoms in total. The normalized spacial score (nSPS) is 14.6. The second kappa shape index (κ2) is 9.68. The number of ketones is 1. The molecule has 0 spiro atoms. The number of fused-ring (bicyclic) bond motifs is 2. The van der Waals surface area contributed by atoms with E-state index in [0.29, 0.717) is 41.3 Å². The van der Waals surface area contributed by atoms with E-state index in [1.165, 1.54) is 11.8 Å². The maximum Gasteiger partial charge on any atom is 0.264 e. The van der Waals surface area contributed by atoms with Gasteiger partial charge in [0.25, 0.3) is 5.56 Å². The molecule has 1 aliphatic rings. The number of halogens is 1. The number of hydrogen-bond acceptors (Lipinski definition) is 6. The van der Waals surface area contributed by atoms with Crippen molar-refractivity contribution in [1.29, 1.82) is 0 Å². The first kappa shape index (κ1) is 23.9. The quantitative estimate of drug-likeness (QED) is 0.181.